The molecule has 2 aromatic carbocycles. The van der Waals surface area contributed by atoms with E-state index in [0.29, 0.717) is 32.0 Å². The van der Waals surface area contributed by atoms with Crippen LogP contribution in [0.1, 0.15) is 28.9 Å². The minimum atomic E-state index is -0.529. The molecule has 148 valence electrons. The van der Waals surface area contributed by atoms with Crippen LogP contribution >= 0.6 is 34.8 Å². The van der Waals surface area contributed by atoms with Crippen molar-refractivity contribution in [3.8, 4) is 16.9 Å². The molecule has 1 aromatic heterocycles. The largest absolute Gasteiger partial charge is 0.291 e. The van der Waals surface area contributed by atoms with Crippen LogP contribution in [-0.4, -0.2) is 21.6 Å². The summed E-state index contributed by atoms with van der Waals surface area (Å²) in [6.45, 7) is 1.79. The lowest BCUT2D eigenvalue weighted by molar-refractivity contribution is -0.121. The maximum atomic E-state index is 12.7. The van der Waals surface area contributed by atoms with Crippen LogP contribution in [0.15, 0.2) is 42.5 Å². The molecular weight excluding hydrogens is 433 g/mol. The van der Waals surface area contributed by atoms with Gasteiger partial charge in [0.15, 0.2) is 5.69 Å². The molecule has 1 heterocycles. The van der Waals surface area contributed by atoms with Gasteiger partial charge in [0.2, 0.25) is 5.91 Å². The number of rotatable bonds is 4. The van der Waals surface area contributed by atoms with Gasteiger partial charge in [-0.05, 0) is 50.1 Å². The molecule has 0 aliphatic heterocycles. The van der Waals surface area contributed by atoms with Gasteiger partial charge in [-0.15, -0.1) is 0 Å². The van der Waals surface area contributed by atoms with Gasteiger partial charge < -0.3 is 0 Å². The van der Waals surface area contributed by atoms with Crippen molar-refractivity contribution in [1.29, 1.82) is 0 Å². The molecule has 0 unspecified atom stereocenters. The SMILES string of the molecule is Cc1c(C(=O)NC(=O)C2CC2)nn(-c2ccc(Cl)cc2Cl)c1-c1ccc(Cl)cc1. The Kier molecular flexibility index (Phi) is 5.38. The van der Waals surface area contributed by atoms with Gasteiger partial charge in [0.1, 0.15) is 0 Å². The maximum absolute atomic E-state index is 12.7. The molecule has 4 rings (SSSR count). The first-order valence-corrected chi connectivity index (χ1v) is 10.1. The second-order valence-electron chi connectivity index (χ2n) is 6.93. The number of halogens is 3. The first-order chi connectivity index (χ1) is 13.8. The summed E-state index contributed by atoms with van der Waals surface area (Å²) in [4.78, 5) is 24.8. The van der Waals surface area contributed by atoms with Crippen molar-refractivity contribution in [2.24, 2.45) is 5.92 Å². The highest BCUT2D eigenvalue weighted by atomic mass is 35.5. The third-order valence-corrected chi connectivity index (χ3v) is 5.57. The zero-order valence-corrected chi connectivity index (χ0v) is 17.6. The van der Waals surface area contributed by atoms with Gasteiger partial charge in [0.25, 0.3) is 5.91 Å². The van der Waals surface area contributed by atoms with E-state index in [1.807, 2.05) is 12.1 Å². The number of hydrogen-bond acceptors (Lipinski definition) is 3. The van der Waals surface area contributed by atoms with Crippen LogP contribution in [0, 0.1) is 12.8 Å². The summed E-state index contributed by atoms with van der Waals surface area (Å²) in [5, 5.41) is 8.41. The summed E-state index contributed by atoms with van der Waals surface area (Å²) in [6, 6.07) is 12.2. The lowest BCUT2D eigenvalue weighted by atomic mass is 10.1. The van der Waals surface area contributed by atoms with Crippen LogP contribution in [0.5, 0.6) is 0 Å². The second kappa shape index (κ2) is 7.82. The molecule has 0 saturated heterocycles. The Labute approximate surface area is 182 Å². The van der Waals surface area contributed by atoms with E-state index in [1.165, 1.54) is 0 Å². The number of nitrogens with zero attached hydrogens (tertiary/aromatic N) is 2. The number of aromatic nitrogens is 2. The monoisotopic (exact) mass is 447 g/mol. The van der Waals surface area contributed by atoms with Gasteiger partial charge in [-0.3, -0.25) is 14.9 Å². The molecule has 0 atom stereocenters. The van der Waals surface area contributed by atoms with Gasteiger partial charge in [0, 0.05) is 27.1 Å². The fraction of sp³-hybridized carbons (Fsp3) is 0.190. The smallest absolute Gasteiger partial charge is 0.278 e. The van der Waals surface area contributed by atoms with Crippen LogP contribution in [0.25, 0.3) is 16.9 Å². The Balaban J connectivity index is 1.84. The summed E-state index contributed by atoms with van der Waals surface area (Å²) in [6.07, 6.45) is 1.62. The lowest BCUT2D eigenvalue weighted by Crippen LogP contribution is -2.32. The zero-order valence-electron chi connectivity index (χ0n) is 15.4. The zero-order chi connectivity index (χ0) is 20.7. The normalized spacial score (nSPS) is 13.4. The highest BCUT2D eigenvalue weighted by Gasteiger charge is 2.32. The minimum absolute atomic E-state index is 0.0808. The molecule has 8 heteroatoms. The minimum Gasteiger partial charge on any atom is -0.291 e. The van der Waals surface area contributed by atoms with E-state index in [-0.39, 0.29) is 17.5 Å². The Morgan fingerprint density at radius 1 is 1.03 bits per heavy atom. The summed E-state index contributed by atoms with van der Waals surface area (Å²) in [5.74, 6) is -0.872. The molecule has 29 heavy (non-hydrogen) atoms. The van der Waals surface area contributed by atoms with E-state index in [2.05, 4.69) is 10.4 Å². The van der Waals surface area contributed by atoms with Crippen molar-refractivity contribution in [2.45, 2.75) is 19.8 Å². The van der Waals surface area contributed by atoms with Crippen molar-refractivity contribution in [2.75, 3.05) is 0 Å². The molecule has 1 aliphatic rings. The third-order valence-electron chi connectivity index (χ3n) is 4.78. The predicted molar refractivity (Wildman–Crippen MR) is 114 cm³/mol. The van der Waals surface area contributed by atoms with E-state index in [4.69, 9.17) is 34.8 Å². The molecule has 3 aromatic rings. The average molecular weight is 449 g/mol. The molecular formula is C21H16Cl3N3O2. The first kappa shape index (κ1) is 20.0. The molecule has 5 nitrogen and oxygen atoms in total. The van der Waals surface area contributed by atoms with Crippen molar-refractivity contribution in [3.05, 3.63) is 68.8 Å². The fourth-order valence-corrected chi connectivity index (χ4v) is 3.72. The molecule has 1 aliphatic carbocycles. The number of imide groups is 1. The summed E-state index contributed by atoms with van der Waals surface area (Å²) in [7, 11) is 0. The average Bonchev–Trinajstić information content (AvgIpc) is 3.47. The number of nitrogens with one attached hydrogen (secondary N) is 1. The Morgan fingerprint density at radius 2 is 1.69 bits per heavy atom. The van der Waals surface area contributed by atoms with Crippen LogP contribution < -0.4 is 5.32 Å². The number of benzene rings is 2. The quantitative estimate of drug-likeness (QED) is 0.538. The standard InChI is InChI=1S/C21H16Cl3N3O2/c1-11-18(21(29)25-20(28)13-2-3-13)26-27(17-9-8-15(23)10-16(17)24)19(11)12-4-6-14(22)7-5-12/h4-10,13H,2-3H2,1H3,(H,25,28,29). The topological polar surface area (TPSA) is 64.0 Å². The van der Waals surface area contributed by atoms with E-state index in [9.17, 15) is 9.59 Å². The van der Waals surface area contributed by atoms with E-state index in [1.54, 1.807) is 41.9 Å². The van der Waals surface area contributed by atoms with Crippen LogP contribution in [0.4, 0.5) is 0 Å². The van der Waals surface area contributed by atoms with Crippen molar-refractivity contribution < 1.29 is 9.59 Å². The third kappa shape index (κ3) is 4.04. The van der Waals surface area contributed by atoms with Crippen molar-refractivity contribution >= 4 is 46.6 Å². The van der Waals surface area contributed by atoms with Gasteiger partial charge >= 0.3 is 0 Å². The van der Waals surface area contributed by atoms with E-state index >= 15 is 0 Å². The van der Waals surface area contributed by atoms with Crippen LogP contribution in [0.2, 0.25) is 15.1 Å². The highest BCUT2D eigenvalue weighted by Crippen LogP contribution is 2.33. The van der Waals surface area contributed by atoms with Gasteiger partial charge in [-0.1, -0.05) is 46.9 Å². The molecule has 1 N–H and O–H groups in total. The summed E-state index contributed by atoms with van der Waals surface area (Å²) in [5.41, 5.74) is 2.83. The summed E-state index contributed by atoms with van der Waals surface area (Å²) < 4.78 is 1.59. The maximum Gasteiger partial charge on any atom is 0.278 e. The van der Waals surface area contributed by atoms with E-state index < -0.39 is 5.91 Å². The van der Waals surface area contributed by atoms with E-state index in [0.717, 1.165) is 18.4 Å². The van der Waals surface area contributed by atoms with Gasteiger partial charge in [-0.2, -0.15) is 5.10 Å². The number of carbonyl (C=O) groups is 2. The molecule has 1 saturated carbocycles. The van der Waals surface area contributed by atoms with Gasteiger partial charge in [-0.25, -0.2) is 4.68 Å². The van der Waals surface area contributed by atoms with Crippen LogP contribution in [0.3, 0.4) is 0 Å². The molecule has 0 radical (unpaired) electrons. The lowest BCUT2D eigenvalue weighted by Gasteiger charge is -2.11. The Bertz CT molecular complexity index is 1120. The predicted octanol–water partition coefficient (Wildman–Crippen LogP) is 5.47. The first-order valence-electron chi connectivity index (χ1n) is 9.01. The van der Waals surface area contributed by atoms with Gasteiger partial charge in [0.05, 0.1) is 16.4 Å². The highest BCUT2D eigenvalue weighted by molar-refractivity contribution is 6.35. The number of amides is 2. The number of hydrogen-bond donors (Lipinski definition) is 1. The molecule has 0 bridgehead atoms. The Morgan fingerprint density at radius 3 is 2.31 bits per heavy atom. The Hall–Kier alpha value is -2.34. The molecule has 2 amide bonds. The van der Waals surface area contributed by atoms with Crippen molar-refractivity contribution in [3.63, 3.8) is 0 Å². The van der Waals surface area contributed by atoms with Crippen molar-refractivity contribution in [1.82, 2.24) is 15.1 Å². The summed E-state index contributed by atoms with van der Waals surface area (Å²) >= 11 is 18.5. The second-order valence-corrected chi connectivity index (χ2v) is 8.21. The number of carbonyl (C=O) groups excluding carboxylic acids is 2. The van der Waals surface area contributed by atoms with Crippen LogP contribution in [-0.2, 0) is 4.79 Å². The molecule has 0 spiro atoms. The fourth-order valence-electron chi connectivity index (χ4n) is 3.10. The molecule has 1 fully saturated rings.